The molecule has 3 aliphatic rings. The Balaban J connectivity index is 1.32. The first-order valence-corrected chi connectivity index (χ1v) is 9.37. The van der Waals surface area contributed by atoms with Crippen LogP contribution in [-0.2, 0) is 9.59 Å². The monoisotopic (exact) mass is 398 g/mol. The number of piperidine rings is 1. The topological polar surface area (TPSA) is 59.1 Å². The average Bonchev–Trinajstić information content (AvgIpc) is 3.35. The summed E-state index contributed by atoms with van der Waals surface area (Å²) in [6.07, 6.45) is -3.49. The summed E-state index contributed by atoms with van der Waals surface area (Å²) in [6.45, 7) is 1.35. The molecule has 0 spiro atoms. The molecular weight excluding hydrogens is 377 g/mol. The molecule has 2 saturated heterocycles. The van der Waals surface area contributed by atoms with Gasteiger partial charge >= 0.3 is 12.1 Å². The SMILES string of the molecule is O=C(C1CCN(C(=O)C(F)(F)F)CC1)N1CCC(c2ccc3c(c2)OCO3)C1. The molecule has 28 heavy (non-hydrogen) atoms. The molecule has 1 unspecified atom stereocenters. The first-order valence-electron chi connectivity index (χ1n) is 9.37. The minimum atomic E-state index is -4.86. The highest BCUT2D eigenvalue weighted by Crippen LogP contribution is 2.37. The van der Waals surface area contributed by atoms with Crippen LogP contribution in [0.25, 0.3) is 0 Å². The minimum absolute atomic E-state index is 0.0256. The highest BCUT2D eigenvalue weighted by Gasteiger charge is 2.44. The molecule has 0 saturated carbocycles. The van der Waals surface area contributed by atoms with E-state index in [4.69, 9.17) is 9.47 Å². The number of hydrogen-bond acceptors (Lipinski definition) is 4. The number of rotatable bonds is 2. The van der Waals surface area contributed by atoms with E-state index in [1.54, 1.807) is 4.90 Å². The Bertz CT molecular complexity index is 775. The number of fused-ring (bicyclic) bond motifs is 1. The fourth-order valence-electron chi connectivity index (χ4n) is 4.17. The molecule has 0 N–H and O–H groups in total. The van der Waals surface area contributed by atoms with Crippen LogP contribution in [0, 0.1) is 5.92 Å². The summed E-state index contributed by atoms with van der Waals surface area (Å²) in [5, 5.41) is 0. The summed E-state index contributed by atoms with van der Waals surface area (Å²) in [7, 11) is 0. The second-order valence-corrected chi connectivity index (χ2v) is 7.45. The molecule has 6 nitrogen and oxygen atoms in total. The maximum absolute atomic E-state index is 12.8. The van der Waals surface area contributed by atoms with Gasteiger partial charge < -0.3 is 19.3 Å². The van der Waals surface area contributed by atoms with Gasteiger partial charge in [-0.25, -0.2) is 0 Å². The number of alkyl halides is 3. The first kappa shape index (κ1) is 18.9. The molecule has 0 radical (unpaired) electrons. The first-order chi connectivity index (χ1) is 13.3. The number of carbonyl (C=O) groups excluding carboxylic acids is 2. The zero-order valence-corrected chi connectivity index (χ0v) is 15.2. The molecule has 1 atom stereocenters. The van der Waals surface area contributed by atoms with Crippen molar-refractivity contribution in [3.63, 3.8) is 0 Å². The van der Waals surface area contributed by atoms with Crippen LogP contribution in [0.15, 0.2) is 18.2 Å². The second-order valence-electron chi connectivity index (χ2n) is 7.45. The smallest absolute Gasteiger partial charge is 0.454 e. The molecule has 0 aromatic heterocycles. The van der Waals surface area contributed by atoms with E-state index in [0.717, 1.165) is 22.6 Å². The largest absolute Gasteiger partial charge is 0.471 e. The summed E-state index contributed by atoms with van der Waals surface area (Å²) in [4.78, 5) is 26.7. The summed E-state index contributed by atoms with van der Waals surface area (Å²) < 4.78 is 48.3. The van der Waals surface area contributed by atoms with E-state index in [1.807, 2.05) is 18.2 Å². The molecule has 1 aromatic carbocycles. The Hall–Kier alpha value is -2.45. The van der Waals surface area contributed by atoms with Crippen LogP contribution in [0.2, 0.25) is 0 Å². The minimum Gasteiger partial charge on any atom is -0.454 e. The summed E-state index contributed by atoms with van der Waals surface area (Å²) >= 11 is 0. The Kier molecular flexibility index (Phi) is 4.84. The van der Waals surface area contributed by atoms with Gasteiger partial charge in [0.25, 0.3) is 0 Å². The maximum atomic E-state index is 12.8. The highest BCUT2D eigenvalue weighted by molar-refractivity contribution is 5.83. The zero-order chi connectivity index (χ0) is 19.9. The van der Waals surface area contributed by atoms with E-state index < -0.39 is 12.1 Å². The molecule has 2 fully saturated rings. The van der Waals surface area contributed by atoms with Gasteiger partial charge in [0.1, 0.15) is 0 Å². The number of benzene rings is 1. The summed E-state index contributed by atoms with van der Waals surface area (Å²) in [5.41, 5.74) is 1.09. The van der Waals surface area contributed by atoms with Gasteiger partial charge in [-0.05, 0) is 37.0 Å². The molecule has 3 heterocycles. The lowest BCUT2D eigenvalue weighted by Gasteiger charge is -2.33. The molecule has 0 aliphatic carbocycles. The third kappa shape index (κ3) is 3.62. The van der Waals surface area contributed by atoms with Crippen LogP contribution in [0.5, 0.6) is 11.5 Å². The Morgan fingerprint density at radius 2 is 1.64 bits per heavy atom. The van der Waals surface area contributed by atoms with Crippen molar-refractivity contribution in [2.45, 2.75) is 31.4 Å². The Morgan fingerprint density at radius 3 is 2.36 bits per heavy atom. The number of hydrogen-bond donors (Lipinski definition) is 0. The fraction of sp³-hybridized carbons (Fsp3) is 0.579. The number of amides is 2. The molecule has 0 bridgehead atoms. The lowest BCUT2D eigenvalue weighted by Crippen LogP contribution is -2.48. The van der Waals surface area contributed by atoms with E-state index in [1.165, 1.54) is 0 Å². The number of halogens is 3. The zero-order valence-electron chi connectivity index (χ0n) is 15.2. The third-order valence-electron chi connectivity index (χ3n) is 5.74. The van der Waals surface area contributed by atoms with E-state index in [-0.39, 0.29) is 50.5 Å². The van der Waals surface area contributed by atoms with Gasteiger partial charge in [-0.2, -0.15) is 13.2 Å². The van der Waals surface area contributed by atoms with Crippen LogP contribution in [0.1, 0.15) is 30.7 Å². The highest BCUT2D eigenvalue weighted by atomic mass is 19.4. The molecule has 9 heteroatoms. The predicted octanol–water partition coefficient (Wildman–Crippen LogP) is 2.53. The fourth-order valence-corrected chi connectivity index (χ4v) is 4.17. The lowest BCUT2D eigenvalue weighted by molar-refractivity contribution is -0.187. The van der Waals surface area contributed by atoms with Crippen molar-refractivity contribution in [1.82, 2.24) is 9.80 Å². The second kappa shape index (κ2) is 7.18. The number of carbonyl (C=O) groups is 2. The van der Waals surface area contributed by atoms with Gasteiger partial charge in [0.05, 0.1) is 0 Å². The van der Waals surface area contributed by atoms with Crippen molar-refractivity contribution in [2.75, 3.05) is 33.0 Å². The van der Waals surface area contributed by atoms with Crippen LogP contribution in [0.3, 0.4) is 0 Å². The van der Waals surface area contributed by atoms with Crippen molar-refractivity contribution in [3.05, 3.63) is 23.8 Å². The van der Waals surface area contributed by atoms with Gasteiger partial charge in [0.15, 0.2) is 11.5 Å². The molecular formula is C19H21F3N2O4. The number of ether oxygens (including phenoxy) is 2. The van der Waals surface area contributed by atoms with Crippen LogP contribution >= 0.6 is 0 Å². The van der Waals surface area contributed by atoms with Crippen molar-refractivity contribution in [3.8, 4) is 11.5 Å². The maximum Gasteiger partial charge on any atom is 0.471 e. The Labute approximate surface area is 160 Å². The van der Waals surface area contributed by atoms with Gasteiger partial charge in [-0.15, -0.1) is 0 Å². The molecule has 4 rings (SSSR count). The predicted molar refractivity (Wildman–Crippen MR) is 91.9 cm³/mol. The van der Waals surface area contributed by atoms with Crippen LogP contribution in [-0.4, -0.2) is 60.8 Å². The van der Waals surface area contributed by atoms with E-state index in [2.05, 4.69) is 0 Å². The number of nitrogens with zero attached hydrogens (tertiary/aromatic N) is 2. The molecule has 1 aromatic rings. The molecule has 152 valence electrons. The Morgan fingerprint density at radius 1 is 0.964 bits per heavy atom. The standard InChI is InChI=1S/C19H21F3N2O4/c20-19(21,22)18(26)23-6-3-12(4-7-23)17(25)24-8-5-14(10-24)13-1-2-15-16(9-13)28-11-27-15/h1-2,9,12,14H,3-8,10-11H2. The van der Waals surface area contributed by atoms with Crippen LogP contribution < -0.4 is 9.47 Å². The summed E-state index contributed by atoms with van der Waals surface area (Å²) in [5.74, 6) is -0.540. The van der Waals surface area contributed by atoms with Crippen molar-refractivity contribution in [2.24, 2.45) is 5.92 Å². The van der Waals surface area contributed by atoms with Crippen molar-refractivity contribution in [1.29, 1.82) is 0 Å². The van der Waals surface area contributed by atoms with E-state index >= 15 is 0 Å². The van der Waals surface area contributed by atoms with Crippen molar-refractivity contribution < 1.29 is 32.2 Å². The van der Waals surface area contributed by atoms with Crippen LogP contribution in [0.4, 0.5) is 13.2 Å². The normalized spacial score (nSPS) is 22.6. The molecule has 2 amide bonds. The number of likely N-dealkylation sites (tertiary alicyclic amines) is 2. The molecule has 3 aliphatic heterocycles. The van der Waals surface area contributed by atoms with Gasteiger partial charge in [-0.1, -0.05) is 6.07 Å². The van der Waals surface area contributed by atoms with E-state index in [0.29, 0.717) is 18.8 Å². The quantitative estimate of drug-likeness (QED) is 0.768. The van der Waals surface area contributed by atoms with Crippen molar-refractivity contribution >= 4 is 11.8 Å². The van der Waals surface area contributed by atoms with Gasteiger partial charge in [0.2, 0.25) is 12.7 Å². The lowest BCUT2D eigenvalue weighted by atomic mass is 9.95. The third-order valence-corrected chi connectivity index (χ3v) is 5.74. The summed E-state index contributed by atoms with van der Waals surface area (Å²) in [6, 6.07) is 5.80. The van der Waals surface area contributed by atoms with E-state index in [9.17, 15) is 22.8 Å². The van der Waals surface area contributed by atoms with Gasteiger partial charge in [-0.3, -0.25) is 9.59 Å². The van der Waals surface area contributed by atoms with Gasteiger partial charge in [0, 0.05) is 38.0 Å². The average molecular weight is 398 g/mol.